The lowest BCUT2D eigenvalue weighted by atomic mass is 10.1. The largest absolute Gasteiger partial charge is 0.342 e. The van der Waals surface area contributed by atoms with Gasteiger partial charge in [-0.05, 0) is 50.2 Å². The van der Waals surface area contributed by atoms with Gasteiger partial charge in [0, 0.05) is 13.0 Å². The summed E-state index contributed by atoms with van der Waals surface area (Å²) in [5.74, 6) is 0.993. The van der Waals surface area contributed by atoms with Crippen LogP contribution in [-0.2, 0) is 13.0 Å². The topological polar surface area (TPSA) is 57.9 Å². The zero-order valence-corrected chi connectivity index (χ0v) is 11.4. The summed E-state index contributed by atoms with van der Waals surface area (Å²) in [5, 5.41) is 0. The zero-order chi connectivity index (χ0) is 13.1. The lowest BCUT2D eigenvalue weighted by Gasteiger charge is -2.26. The molecule has 3 N–H and O–H groups in total. The van der Waals surface area contributed by atoms with Crippen LogP contribution in [0.1, 0.15) is 30.7 Å². The number of rotatable bonds is 4. The number of H-pyrrole nitrogens is 1. The van der Waals surface area contributed by atoms with Crippen LogP contribution >= 0.6 is 0 Å². The average Bonchev–Trinajstić information content (AvgIpc) is 2.82. The summed E-state index contributed by atoms with van der Waals surface area (Å²) in [6.07, 6.45) is 4.88. The molecule has 0 bridgehead atoms. The number of nitrogens with zero attached hydrogens (tertiary/aromatic N) is 2. The quantitative estimate of drug-likeness (QED) is 0.882. The molecule has 0 spiro atoms. The average molecular weight is 258 g/mol. The van der Waals surface area contributed by atoms with Crippen LogP contribution in [0.15, 0.2) is 18.2 Å². The minimum absolute atomic E-state index is 0.639. The monoisotopic (exact) mass is 258 g/mol. The molecule has 102 valence electrons. The van der Waals surface area contributed by atoms with Crippen LogP contribution < -0.4 is 5.73 Å². The lowest BCUT2D eigenvalue weighted by Crippen LogP contribution is -2.29. The Hall–Kier alpha value is -1.39. The van der Waals surface area contributed by atoms with E-state index >= 15 is 0 Å². The van der Waals surface area contributed by atoms with Gasteiger partial charge >= 0.3 is 0 Å². The number of likely N-dealkylation sites (tertiary alicyclic amines) is 1. The summed E-state index contributed by atoms with van der Waals surface area (Å²) in [6, 6.07) is 6.55. The van der Waals surface area contributed by atoms with Crippen molar-refractivity contribution in [3.63, 3.8) is 0 Å². The predicted molar refractivity (Wildman–Crippen MR) is 78.0 cm³/mol. The Morgan fingerprint density at radius 3 is 2.84 bits per heavy atom. The van der Waals surface area contributed by atoms with E-state index in [9.17, 15) is 0 Å². The van der Waals surface area contributed by atoms with Crippen LogP contribution in [0.4, 0.5) is 0 Å². The Morgan fingerprint density at radius 2 is 2.05 bits per heavy atom. The van der Waals surface area contributed by atoms with Gasteiger partial charge in [0.1, 0.15) is 5.82 Å². The third-order valence-electron chi connectivity index (χ3n) is 3.83. The fraction of sp³-hybridized carbons (Fsp3) is 0.533. The highest BCUT2D eigenvalue weighted by Crippen LogP contribution is 2.17. The number of piperidine rings is 1. The molecular weight excluding hydrogens is 236 g/mol. The second-order valence-corrected chi connectivity index (χ2v) is 5.41. The molecule has 0 radical (unpaired) electrons. The number of hydrogen-bond acceptors (Lipinski definition) is 3. The van der Waals surface area contributed by atoms with Crippen molar-refractivity contribution in [2.45, 2.75) is 32.2 Å². The minimum atomic E-state index is 0.639. The van der Waals surface area contributed by atoms with Crippen LogP contribution in [0.25, 0.3) is 11.0 Å². The second-order valence-electron chi connectivity index (χ2n) is 5.41. The van der Waals surface area contributed by atoms with E-state index in [2.05, 4.69) is 33.1 Å². The van der Waals surface area contributed by atoms with E-state index in [0.29, 0.717) is 6.54 Å². The summed E-state index contributed by atoms with van der Waals surface area (Å²) in [4.78, 5) is 10.4. The van der Waals surface area contributed by atoms with Gasteiger partial charge in [-0.3, -0.25) is 4.90 Å². The molecule has 1 aromatic heterocycles. The lowest BCUT2D eigenvalue weighted by molar-refractivity contribution is 0.221. The molecule has 1 aliphatic rings. The molecule has 2 heterocycles. The van der Waals surface area contributed by atoms with Crippen LogP contribution in [0.2, 0.25) is 0 Å². The molecule has 1 fully saturated rings. The van der Waals surface area contributed by atoms with Gasteiger partial charge in [-0.25, -0.2) is 4.98 Å². The van der Waals surface area contributed by atoms with Crippen molar-refractivity contribution in [2.24, 2.45) is 5.73 Å². The number of imidazole rings is 1. The van der Waals surface area contributed by atoms with E-state index < -0.39 is 0 Å². The zero-order valence-electron chi connectivity index (χ0n) is 11.4. The Morgan fingerprint density at radius 1 is 1.21 bits per heavy atom. The molecule has 4 nitrogen and oxygen atoms in total. The Kier molecular flexibility index (Phi) is 3.80. The van der Waals surface area contributed by atoms with Gasteiger partial charge in [0.05, 0.1) is 11.0 Å². The van der Waals surface area contributed by atoms with Crippen molar-refractivity contribution in [2.75, 3.05) is 19.6 Å². The van der Waals surface area contributed by atoms with Gasteiger partial charge in [0.25, 0.3) is 0 Å². The molecule has 0 amide bonds. The molecule has 1 aliphatic heterocycles. The molecular formula is C15H22N4. The number of aromatic amines is 1. The number of nitrogens with two attached hydrogens (primary N) is 1. The molecule has 0 aliphatic carbocycles. The van der Waals surface area contributed by atoms with Crippen LogP contribution in [0.3, 0.4) is 0 Å². The fourth-order valence-electron chi connectivity index (χ4n) is 2.84. The van der Waals surface area contributed by atoms with E-state index in [0.717, 1.165) is 29.8 Å². The van der Waals surface area contributed by atoms with Crippen molar-refractivity contribution < 1.29 is 0 Å². The van der Waals surface area contributed by atoms with Crippen molar-refractivity contribution in [1.29, 1.82) is 0 Å². The Balaban J connectivity index is 1.76. The van der Waals surface area contributed by atoms with Gasteiger partial charge in [0.2, 0.25) is 0 Å². The maximum atomic E-state index is 5.57. The SMILES string of the molecule is NCCc1nc2ccc(CN3CCCCC3)cc2[nH]1. The number of benzene rings is 1. The van der Waals surface area contributed by atoms with Gasteiger partial charge < -0.3 is 10.7 Å². The van der Waals surface area contributed by atoms with Gasteiger partial charge in [-0.1, -0.05) is 12.5 Å². The number of aromatic nitrogens is 2. The summed E-state index contributed by atoms with van der Waals surface area (Å²) in [7, 11) is 0. The summed E-state index contributed by atoms with van der Waals surface area (Å²) in [6.45, 7) is 4.17. The molecule has 4 heteroatoms. The fourth-order valence-corrected chi connectivity index (χ4v) is 2.84. The first-order chi connectivity index (χ1) is 9.35. The van der Waals surface area contributed by atoms with Crippen molar-refractivity contribution in [3.05, 3.63) is 29.6 Å². The highest BCUT2D eigenvalue weighted by Gasteiger charge is 2.11. The van der Waals surface area contributed by atoms with E-state index in [1.165, 1.54) is 37.9 Å². The number of nitrogens with one attached hydrogen (secondary N) is 1. The van der Waals surface area contributed by atoms with Crippen molar-refractivity contribution in [3.8, 4) is 0 Å². The molecule has 1 saturated heterocycles. The molecule has 1 aromatic carbocycles. The van der Waals surface area contributed by atoms with E-state index in [1.54, 1.807) is 0 Å². The normalized spacial score (nSPS) is 17.1. The Labute approximate surface area is 114 Å². The van der Waals surface area contributed by atoms with Gasteiger partial charge in [0.15, 0.2) is 0 Å². The third kappa shape index (κ3) is 2.96. The molecule has 0 unspecified atom stereocenters. The Bertz CT molecular complexity index is 540. The summed E-state index contributed by atoms with van der Waals surface area (Å²) < 4.78 is 0. The molecule has 2 aromatic rings. The molecule has 19 heavy (non-hydrogen) atoms. The maximum absolute atomic E-state index is 5.57. The summed E-state index contributed by atoms with van der Waals surface area (Å²) in [5.41, 5.74) is 9.13. The maximum Gasteiger partial charge on any atom is 0.108 e. The van der Waals surface area contributed by atoms with Crippen LogP contribution in [0.5, 0.6) is 0 Å². The van der Waals surface area contributed by atoms with E-state index in [1.807, 2.05) is 0 Å². The smallest absolute Gasteiger partial charge is 0.108 e. The van der Waals surface area contributed by atoms with Crippen molar-refractivity contribution in [1.82, 2.24) is 14.9 Å². The van der Waals surface area contributed by atoms with Crippen molar-refractivity contribution >= 4 is 11.0 Å². The third-order valence-corrected chi connectivity index (χ3v) is 3.83. The molecule has 3 rings (SSSR count). The highest BCUT2D eigenvalue weighted by molar-refractivity contribution is 5.75. The standard InChI is InChI=1S/C15H22N4/c16-7-6-15-17-13-5-4-12(10-14(13)18-15)11-19-8-2-1-3-9-19/h4-5,10H,1-3,6-9,11,16H2,(H,17,18). The molecule has 0 atom stereocenters. The van der Waals surface area contributed by atoms with Gasteiger partial charge in [-0.2, -0.15) is 0 Å². The number of hydrogen-bond donors (Lipinski definition) is 2. The first kappa shape index (κ1) is 12.6. The van der Waals surface area contributed by atoms with Crippen LogP contribution in [-0.4, -0.2) is 34.5 Å². The first-order valence-electron chi connectivity index (χ1n) is 7.25. The highest BCUT2D eigenvalue weighted by atomic mass is 15.1. The second kappa shape index (κ2) is 5.72. The molecule has 0 saturated carbocycles. The van der Waals surface area contributed by atoms with Gasteiger partial charge in [-0.15, -0.1) is 0 Å². The summed E-state index contributed by atoms with van der Waals surface area (Å²) >= 11 is 0. The first-order valence-corrected chi connectivity index (χ1v) is 7.25. The minimum Gasteiger partial charge on any atom is -0.342 e. The number of fused-ring (bicyclic) bond motifs is 1. The van der Waals surface area contributed by atoms with Crippen LogP contribution in [0, 0.1) is 0 Å². The van der Waals surface area contributed by atoms with E-state index in [4.69, 9.17) is 5.73 Å². The predicted octanol–water partition coefficient (Wildman–Crippen LogP) is 2.05. The van der Waals surface area contributed by atoms with E-state index in [-0.39, 0.29) is 0 Å².